The summed E-state index contributed by atoms with van der Waals surface area (Å²) in [6, 6.07) is 0. The zero-order valence-electron chi connectivity index (χ0n) is 5.76. The van der Waals surface area contributed by atoms with E-state index in [9.17, 15) is 0 Å². The molecule has 1 aliphatic carbocycles. The van der Waals surface area contributed by atoms with Gasteiger partial charge in [-0.25, -0.2) is 0 Å². The minimum absolute atomic E-state index is 0.444. The van der Waals surface area contributed by atoms with E-state index < -0.39 is 0 Å². The van der Waals surface area contributed by atoms with Crippen molar-refractivity contribution in [2.45, 2.75) is 12.8 Å². The second-order valence-electron chi connectivity index (χ2n) is 2.25. The van der Waals surface area contributed by atoms with Crippen molar-refractivity contribution >= 4 is 17.1 Å². The Kier molecular flexibility index (Phi) is 2.78. The van der Waals surface area contributed by atoms with Crippen LogP contribution in [-0.4, -0.2) is 11.4 Å². The van der Waals surface area contributed by atoms with E-state index in [2.05, 4.69) is 6.08 Å². The largest absolute Gasteiger partial charge is 0.258 e. The molecule has 1 N–H and O–H groups in total. The Morgan fingerprint density at radius 1 is 1.60 bits per heavy atom. The Morgan fingerprint density at radius 3 is 3.00 bits per heavy atom. The average Bonchev–Trinajstić information content (AvgIpc) is 1.94. The number of rotatable bonds is 2. The molecule has 0 aromatic heterocycles. The maximum atomic E-state index is 7.00. The Hall–Kier alpha value is -0.470. The van der Waals surface area contributed by atoms with Gasteiger partial charge < -0.3 is 0 Å². The summed E-state index contributed by atoms with van der Waals surface area (Å²) in [5, 5.41) is 0. The van der Waals surface area contributed by atoms with E-state index in [0.29, 0.717) is 6.54 Å². The van der Waals surface area contributed by atoms with Crippen molar-refractivity contribution in [3.05, 3.63) is 23.8 Å². The molecular formula is C8H10NS. The molecule has 1 aliphatic rings. The summed E-state index contributed by atoms with van der Waals surface area (Å²) in [6.45, 7) is 0.444. The molecule has 0 saturated heterocycles. The molecule has 10 heavy (non-hydrogen) atoms. The molecule has 0 heterocycles. The Bertz CT molecular complexity index is 191. The first kappa shape index (κ1) is 7.63. The fraction of sp³-hybridized carbons (Fsp3) is 0.375. The molecule has 0 spiro atoms. The van der Waals surface area contributed by atoms with Gasteiger partial charge in [-0.3, -0.25) is 5.73 Å². The number of allylic oxidation sites excluding steroid dienone is 3. The standard InChI is InChI=1S/C8H10NS/c9-6-5-7-3-1-2-4-8(7)10/h1-3,9H,4-6H2. The summed E-state index contributed by atoms with van der Waals surface area (Å²) in [4.78, 5) is 1.01. The maximum Gasteiger partial charge on any atom is 0.0222 e. The van der Waals surface area contributed by atoms with Gasteiger partial charge in [-0.05, 0) is 12.0 Å². The van der Waals surface area contributed by atoms with Crippen molar-refractivity contribution in [3.63, 3.8) is 0 Å². The van der Waals surface area contributed by atoms with Crippen molar-refractivity contribution in [2.24, 2.45) is 0 Å². The summed E-state index contributed by atoms with van der Waals surface area (Å²) >= 11 is 5.09. The Morgan fingerprint density at radius 2 is 2.40 bits per heavy atom. The van der Waals surface area contributed by atoms with Crippen molar-refractivity contribution in [1.29, 1.82) is 0 Å². The van der Waals surface area contributed by atoms with E-state index >= 15 is 0 Å². The van der Waals surface area contributed by atoms with Gasteiger partial charge in [0, 0.05) is 17.8 Å². The van der Waals surface area contributed by atoms with Gasteiger partial charge >= 0.3 is 0 Å². The zero-order valence-corrected chi connectivity index (χ0v) is 6.58. The summed E-state index contributed by atoms with van der Waals surface area (Å²) < 4.78 is 0. The van der Waals surface area contributed by atoms with Crippen LogP contribution in [-0.2, 0) is 0 Å². The first-order valence-corrected chi connectivity index (χ1v) is 3.79. The third-order valence-corrected chi connectivity index (χ3v) is 1.92. The van der Waals surface area contributed by atoms with Gasteiger partial charge in [0.25, 0.3) is 0 Å². The van der Waals surface area contributed by atoms with Crippen LogP contribution in [0.2, 0.25) is 0 Å². The highest BCUT2D eigenvalue weighted by Gasteiger charge is 2.03. The lowest BCUT2D eigenvalue weighted by Gasteiger charge is -2.07. The third-order valence-electron chi connectivity index (χ3n) is 1.49. The minimum Gasteiger partial charge on any atom is -0.258 e. The van der Waals surface area contributed by atoms with Crippen LogP contribution in [0.5, 0.6) is 0 Å². The molecule has 0 bridgehead atoms. The molecule has 1 rings (SSSR count). The normalized spacial score (nSPS) is 17.3. The average molecular weight is 152 g/mol. The molecule has 0 aromatic carbocycles. The second kappa shape index (κ2) is 3.64. The quantitative estimate of drug-likeness (QED) is 0.554. The highest BCUT2D eigenvalue weighted by atomic mass is 32.1. The summed E-state index contributed by atoms with van der Waals surface area (Å²) in [5.74, 6) is 0. The molecular weight excluding hydrogens is 142 g/mol. The molecule has 0 fully saturated rings. The summed E-state index contributed by atoms with van der Waals surface area (Å²) in [5.41, 5.74) is 8.18. The third kappa shape index (κ3) is 1.75. The van der Waals surface area contributed by atoms with Crippen LogP contribution >= 0.6 is 12.2 Å². The smallest absolute Gasteiger partial charge is 0.0222 e. The predicted molar refractivity (Wildman–Crippen MR) is 47.0 cm³/mol. The van der Waals surface area contributed by atoms with E-state index in [0.717, 1.165) is 17.7 Å². The monoisotopic (exact) mass is 152 g/mol. The number of thiocarbonyl (C=S) groups is 1. The van der Waals surface area contributed by atoms with Crippen LogP contribution in [0.15, 0.2) is 23.8 Å². The highest BCUT2D eigenvalue weighted by molar-refractivity contribution is 7.80. The summed E-state index contributed by atoms with van der Waals surface area (Å²) in [7, 11) is 0. The van der Waals surface area contributed by atoms with Gasteiger partial charge in [0.15, 0.2) is 0 Å². The zero-order chi connectivity index (χ0) is 7.40. The second-order valence-corrected chi connectivity index (χ2v) is 2.74. The molecule has 0 aromatic rings. The van der Waals surface area contributed by atoms with Gasteiger partial charge in [0.05, 0.1) is 0 Å². The SMILES string of the molecule is [NH]CCC1=CC=CCC1=S. The molecule has 0 unspecified atom stereocenters. The summed E-state index contributed by atoms with van der Waals surface area (Å²) in [6.07, 6.45) is 7.78. The van der Waals surface area contributed by atoms with Crippen molar-refractivity contribution in [2.75, 3.05) is 6.54 Å². The minimum atomic E-state index is 0.444. The lowest BCUT2D eigenvalue weighted by molar-refractivity contribution is 0.952. The van der Waals surface area contributed by atoms with Crippen molar-refractivity contribution in [1.82, 2.24) is 5.73 Å². The van der Waals surface area contributed by atoms with E-state index in [4.69, 9.17) is 18.0 Å². The lowest BCUT2D eigenvalue weighted by Crippen LogP contribution is -2.03. The van der Waals surface area contributed by atoms with E-state index in [1.165, 1.54) is 5.57 Å². The molecule has 53 valence electrons. The molecule has 2 heteroatoms. The van der Waals surface area contributed by atoms with Crippen LogP contribution in [0.1, 0.15) is 12.8 Å². The fourth-order valence-corrected chi connectivity index (χ4v) is 1.21. The Labute approximate surface area is 66.6 Å². The number of hydrogen-bond donors (Lipinski definition) is 0. The van der Waals surface area contributed by atoms with Crippen molar-refractivity contribution in [3.8, 4) is 0 Å². The van der Waals surface area contributed by atoms with Gasteiger partial charge in [-0.15, -0.1) is 0 Å². The maximum absolute atomic E-state index is 7.00. The van der Waals surface area contributed by atoms with Crippen molar-refractivity contribution < 1.29 is 0 Å². The first-order valence-electron chi connectivity index (χ1n) is 3.38. The van der Waals surface area contributed by atoms with Gasteiger partial charge in [-0.2, -0.15) is 0 Å². The highest BCUT2D eigenvalue weighted by Crippen LogP contribution is 2.12. The predicted octanol–water partition coefficient (Wildman–Crippen LogP) is 1.92. The first-order chi connectivity index (χ1) is 4.84. The topological polar surface area (TPSA) is 23.8 Å². The van der Waals surface area contributed by atoms with Gasteiger partial charge in [-0.1, -0.05) is 30.4 Å². The van der Waals surface area contributed by atoms with E-state index in [1.807, 2.05) is 12.2 Å². The van der Waals surface area contributed by atoms with Crippen LogP contribution in [0.25, 0.3) is 0 Å². The Balaban J connectivity index is 2.61. The molecule has 1 radical (unpaired) electrons. The van der Waals surface area contributed by atoms with E-state index in [-0.39, 0.29) is 0 Å². The molecule has 1 nitrogen and oxygen atoms in total. The van der Waals surface area contributed by atoms with Crippen LogP contribution < -0.4 is 5.73 Å². The van der Waals surface area contributed by atoms with E-state index in [1.54, 1.807) is 0 Å². The molecule has 0 amide bonds. The van der Waals surface area contributed by atoms with Crippen LogP contribution in [0.3, 0.4) is 0 Å². The van der Waals surface area contributed by atoms with Crippen LogP contribution in [0.4, 0.5) is 0 Å². The molecule has 0 atom stereocenters. The lowest BCUT2D eigenvalue weighted by atomic mass is 10.0. The van der Waals surface area contributed by atoms with Crippen LogP contribution in [0, 0.1) is 0 Å². The van der Waals surface area contributed by atoms with Gasteiger partial charge in [0.1, 0.15) is 0 Å². The number of hydrogen-bond acceptors (Lipinski definition) is 1. The van der Waals surface area contributed by atoms with Gasteiger partial charge in [0.2, 0.25) is 0 Å². The number of nitrogens with one attached hydrogen (secondary N) is 1. The molecule has 0 aliphatic heterocycles. The molecule has 0 saturated carbocycles. The fourth-order valence-electron chi connectivity index (χ4n) is 0.941.